The molecule has 1 amide bonds. The van der Waals surface area contributed by atoms with Gasteiger partial charge in [-0.05, 0) is 31.4 Å². The van der Waals surface area contributed by atoms with Crippen molar-refractivity contribution in [3.63, 3.8) is 0 Å². The fourth-order valence-electron chi connectivity index (χ4n) is 2.78. The maximum atomic E-state index is 12.1. The summed E-state index contributed by atoms with van der Waals surface area (Å²) in [6.45, 7) is 3.33. The quantitative estimate of drug-likeness (QED) is 0.735. The molecule has 0 atom stereocenters. The van der Waals surface area contributed by atoms with Crippen molar-refractivity contribution in [2.24, 2.45) is 0 Å². The zero-order valence-electron chi connectivity index (χ0n) is 13.2. The molecule has 0 radical (unpaired) electrons. The minimum Gasteiger partial charge on any atom is -0.305 e. The lowest BCUT2D eigenvalue weighted by Crippen LogP contribution is -2.31. The zero-order valence-corrected chi connectivity index (χ0v) is 13.2. The molecule has 2 aromatic rings. The van der Waals surface area contributed by atoms with E-state index >= 15 is 0 Å². The van der Waals surface area contributed by atoms with E-state index in [0.29, 0.717) is 24.3 Å². The van der Waals surface area contributed by atoms with Gasteiger partial charge in [-0.15, -0.1) is 5.10 Å². The second-order valence-electron chi connectivity index (χ2n) is 5.73. The molecule has 1 aliphatic heterocycles. The number of ketones is 1. The summed E-state index contributed by atoms with van der Waals surface area (Å²) in [6.07, 6.45) is 5.88. The van der Waals surface area contributed by atoms with E-state index in [9.17, 15) is 9.59 Å². The Morgan fingerprint density at radius 2 is 1.91 bits per heavy atom. The molecule has 1 aliphatic rings. The van der Waals surface area contributed by atoms with Gasteiger partial charge in [0.1, 0.15) is 0 Å². The lowest BCUT2D eigenvalue weighted by atomic mass is 10.1. The number of benzene rings is 1. The van der Waals surface area contributed by atoms with E-state index in [0.717, 1.165) is 31.4 Å². The van der Waals surface area contributed by atoms with Crippen LogP contribution in [-0.2, 0) is 17.8 Å². The predicted molar refractivity (Wildman–Crippen MR) is 86.4 cm³/mol. The van der Waals surface area contributed by atoms with Gasteiger partial charge in [-0.25, -0.2) is 0 Å². The first-order chi connectivity index (χ1) is 11.2. The van der Waals surface area contributed by atoms with E-state index in [1.807, 2.05) is 18.3 Å². The Kier molecular flexibility index (Phi) is 4.50. The van der Waals surface area contributed by atoms with Gasteiger partial charge in [-0.2, -0.15) is 0 Å². The third-order valence-corrected chi connectivity index (χ3v) is 4.02. The Hall–Kier alpha value is -2.50. The summed E-state index contributed by atoms with van der Waals surface area (Å²) in [7, 11) is 0. The number of unbranched alkanes of at least 4 members (excludes halogenated alkanes) is 1. The van der Waals surface area contributed by atoms with Crippen LogP contribution < -0.4 is 4.90 Å². The van der Waals surface area contributed by atoms with Crippen LogP contribution in [0.3, 0.4) is 0 Å². The number of carbonyl (C=O) groups excluding carboxylic acids is 2. The first-order valence-electron chi connectivity index (χ1n) is 8.05. The summed E-state index contributed by atoms with van der Waals surface area (Å²) in [5.74, 6) is -0.850. The lowest BCUT2D eigenvalue weighted by molar-refractivity contribution is -0.114. The zero-order chi connectivity index (χ0) is 16.2. The summed E-state index contributed by atoms with van der Waals surface area (Å²) in [4.78, 5) is 25.6. The van der Waals surface area contributed by atoms with Gasteiger partial charge >= 0.3 is 0 Å². The molecule has 3 rings (SSSR count). The molecule has 23 heavy (non-hydrogen) atoms. The van der Waals surface area contributed by atoms with E-state index in [-0.39, 0.29) is 0 Å². The minimum absolute atomic E-state index is 0.414. The number of carbonyl (C=O) groups is 2. The van der Waals surface area contributed by atoms with Crippen LogP contribution in [0.25, 0.3) is 0 Å². The molecule has 6 nitrogen and oxygen atoms in total. The molecular formula is C17H20N4O2. The van der Waals surface area contributed by atoms with Gasteiger partial charge in [-0.3, -0.25) is 14.3 Å². The highest BCUT2D eigenvalue weighted by molar-refractivity contribution is 6.52. The number of aryl methyl sites for hydroxylation is 2. The first-order valence-corrected chi connectivity index (χ1v) is 8.05. The molecule has 120 valence electrons. The Bertz CT molecular complexity index is 723. The predicted octanol–water partition coefficient (Wildman–Crippen LogP) is 2.24. The molecule has 0 saturated heterocycles. The summed E-state index contributed by atoms with van der Waals surface area (Å²) in [5, 5.41) is 8.25. The summed E-state index contributed by atoms with van der Waals surface area (Å²) in [6, 6.07) is 7.14. The highest BCUT2D eigenvalue weighted by atomic mass is 16.2. The van der Waals surface area contributed by atoms with Gasteiger partial charge in [-0.1, -0.05) is 30.7 Å². The lowest BCUT2D eigenvalue weighted by Gasteiger charge is -2.15. The van der Waals surface area contributed by atoms with Crippen molar-refractivity contribution in [1.82, 2.24) is 15.0 Å². The van der Waals surface area contributed by atoms with Crippen molar-refractivity contribution >= 4 is 17.4 Å². The van der Waals surface area contributed by atoms with E-state index in [2.05, 4.69) is 17.2 Å². The maximum absolute atomic E-state index is 12.1. The fourth-order valence-corrected chi connectivity index (χ4v) is 2.78. The standard InChI is InChI=1S/C17H20N4O2/c1-2-3-7-13-12-20(19-18-13)10-6-11-21-15-9-5-4-8-14(15)16(22)17(21)23/h4-5,8-9,12H,2-3,6-7,10-11H2,1H3. The number of aromatic nitrogens is 3. The number of rotatable bonds is 7. The molecule has 0 unspecified atom stereocenters. The molecule has 0 spiro atoms. The number of para-hydroxylation sites is 1. The van der Waals surface area contributed by atoms with Crippen LogP contribution in [0.5, 0.6) is 0 Å². The van der Waals surface area contributed by atoms with Gasteiger partial charge in [0.05, 0.1) is 16.9 Å². The summed E-state index contributed by atoms with van der Waals surface area (Å²) in [5.41, 5.74) is 2.22. The maximum Gasteiger partial charge on any atom is 0.299 e. The molecule has 1 aromatic heterocycles. The van der Waals surface area contributed by atoms with Gasteiger partial charge in [0.2, 0.25) is 0 Å². The smallest absolute Gasteiger partial charge is 0.299 e. The van der Waals surface area contributed by atoms with Gasteiger partial charge in [0.15, 0.2) is 0 Å². The van der Waals surface area contributed by atoms with E-state index in [1.54, 1.807) is 21.7 Å². The van der Waals surface area contributed by atoms with Crippen molar-refractivity contribution in [3.05, 3.63) is 41.7 Å². The third kappa shape index (κ3) is 3.16. The van der Waals surface area contributed by atoms with Crippen LogP contribution in [0, 0.1) is 0 Å². The van der Waals surface area contributed by atoms with E-state index < -0.39 is 11.7 Å². The Morgan fingerprint density at radius 1 is 1.09 bits per heavy atom. The normalized spacial score (nSPS) is 13.7. The second-order valence-corrected chi connectivity index (χ2v) is 5.73. The first kappa shape index (κ1) is 15.4. The Balaban J connectivity index is 1.58. The number of nitrogens with zero attached hydrogens (tertiary/aromatic N) is 4. The monoisotopic (exact) mass is 312 g/mol. The summed E-state index contributed by atoms with van der Waals surface area (Å²) >= 11 is 0. The van der Waals surface area contributed by atoms with Crippen LogP contribution >= 0.6 is 0 Å². The van der Waals surface area contributed by atoms with Gasteiger partial charge in [0.25, 0.3) is 11.7 Å². The fraction of sp³-hybridized carbons (Fsp3) is 0.412. The van der Waals surface area contributed by atoms with E-state index in [4.69, 9.17) is 0 Å². The van der Waals surface area contributed by atoms with Crippen molar-refractivity contribution < 1.29 is 9.59 Å². The number of hydrogen-bond acceptors (Lipinski definition) is 4. The molecule has 1 aromatic carbocycles. The topological polar surface area (TPSA) is 68.1 Å². The molecule has 0 saturated carbocycles. The molecule has 0 aliphatic carbocycles. The van der Waals surface area contributed by atoms with Crippen molar-refractivity contribution in [3.8, 4) is 0 Å². The Morgan fingerprint density at radius 3 is 2.74 bits per heavy atom. The SMILES string of the molecule is CCCCc1cn(CCCN2C(=O)C(=O)c3ccccc32)nn1. The van der Waals surface area contributed by atoms with Crippen molar-refractivity contribution in [1.29, 1.82) is 0 Å². The summed E-state index contributed by atoms with van der Waals surface area (Å²) < 4.78 is 1.80. The molecule has 6 heteroatoms. The highest BCUT2D eigenvalue weighted by Crippen LogP contribution is 2.28. The van der Waals surface area contributed by atoms with Crippen molar-refractivity contribution in [2.75, 3.05) is 11.4 Å². The highest BCUT2D eigenvalue weighted by Gasteiger charge is 2.34. The van der Waals surface area contributed by atoms with Gasteiger partial charge < -0.3 is 4.90 Å². The van der Waals surface area contributed by atoms with Crippen LogP contribution in [0.2, 0.25) is 0 Å². The molecule has 0 bridgehead atoms. The number of hydrogen-bond donors (Lipinski definition) is 0. The average molecular weight is 312 g/mol. The minimum atomic E-state index is -0.437. The van der Waals surface area contributed by atoms with Crippen LogP contribution in [0.15, 0.2) is 30.5 Å². The number of Topliss-reactive ketones (excluding diaryl/α,β-unsaturated/α-hetero) is 1. The number of anilines is 1. The average Bonchev–Trinajstić information content (AvgIpc) is 3.12. The Labute approximate surface area is 135 Å². The van der Waals surface area contributed by atoms with Crippen LogP contribution in [0.4, 0.5) is 5.69 Å². The molecule has 0 N–H and O–H groups in total. The molecule has 2 heterocycles. The van der Waals surface area contributed by atoms with Crippen molar-refractivity contribution in [2.45, 2.75) is 39.2 Å². The van der Waals surface area contributed by atoms with Crippen LogP contribution in [0.1, 0.15) is 42.2 Å². The van der Waals surface area contributed by atoms with E-state index in [1.165, 1.54) is 0 Å². The third-order valence-electron chi connectivity index (χ3n) is 4.02. The second kappa shape index (κ2) is 6.73. The molecular weight excluding hydrogens is 292 g/mol. The van der Waals surface area contributed by atoms with Gasteiger partial charge in [0, 0.05) is 19.3 Å². The largest absolute Gasteiger partial charge is 0.305 e. The molecule has 0 fully saturated rings. The number of fused-ring (bicyclic) bond motifs is 1. The number of amides is 1. The van der Waals surface area contributed by atoms with Crippen LogP contribution in [-0.4, -0.2) is 33.2 Å².